The third kappa shape index (κ3) is 3.21. The van der Waals surface area contributed by atoms with E-state index in [1.165, 1.54) is 6.07 Å². The third-order valence-electron chi connectivity index (χ3n) is 3.44. The highest BCUT2D eigenvalue weighted by Crippen LogP contribution is 2.36. The van der Waals surface area contributed by atoms with Crippen molar-refractivity contribution in [1.82, 2.24) is 4.98 Å². The van der Waals surface area contributed by atoms with Gasteiger partial charge >= 0.3 is 11.9 Å². The lowest BCUT2D eigenvalue weighted by molar-refractivity contribution is -0.142. The molecule has 1 aromatic rings. The van der Waals surface area contributed by atoms with Crippen LogP contribution in [0.25, 0.3) is 0 Å². The standard InChI is InChI=1S/C14H13FIN3O4/c1-2-23-14(22)8-3-7(5-17)12(18-10(8)4-15)19-6-9(11(19)16)13(20)21/h3,9,11H,2,4,6H2,1H3,(H,20,21). The number of ether oxygens (including phenoxy) is 1. The number of carbonyl (C=O) groups is 2. The first-order chi connectivity index (χ1) is 10.9. The first-order valence-corrected chi connectivity index (χ1v) is 7.99. The van der Waals surface area contributed by atoms with Gasteiger partial charge in [0.25, 0.3) is 0 Å². The highest BCUT2D eigenvalue weighted by atomic mass is 127. The summed E-state index contributed by atoms with van der Waals surface area (Å²) < 4.78 is 17.7. The average molecular weight is 433 g/mol. The lowest BCUT2D eigenvalue weighted by Gasteiger charge is -2.43. The number of esters is 1. The number of anilines is 1. The van der Waals surface area contributed by atoms with E-state index in [1.54, 1.807) is 11.8 Å². The van der Waals surface area contributed by atoms with Crippen LogP contribution in [0.5, 0.6) is 0 Å². The van der Waals surface area contributed by atoms with Gasteiger partial charge in [-0.05, 0) is 13.0 Å². The summed E-state index contributed by atoms with van der Waals surface area (Å²) in [6.07, 6.45) is 0. The number of carbonyl (C=O) groups excluding carboxylic acids is 1. The number of rotatable bonds is 5. The smallest absolute Gasteiger partial charge is 0.340 e. The predicted molar refractivity (Wildman–Crippen MR) is 86.0 cm³/mol. The van der Waals surface area contributed by atoms with Crippen LogP contribution in [-0.2, 0) is 16.2 Å². The first kappa shape index (κ1) is 17.4. The molecule has 0 saturated carbocycles. The van der Waals surface area contributed by atoms with E-state index >= 15 is 0 Å². The number of alkyl halides is 2. The number of carboxylic acid groups (broad SMARTS) is 1. The fraction of sp³-hybridized carbons (Fsp3) is 0.429. The van der Waals surface area contributed by atoms with Crippen LogP contribution in [0.15, 0.2) is 6.07 Å². The van der Waals surface area contributed by atoms with Crippen LogP contribution >= 0.6 is 22.6 Å². The number of hydrogen-bond donors (Lipinski definition) is 1. The largest absolute Gasteiger partial charge is 0.481 e. The van der Waals surface area contributed by atoms with E-state index < -0.39 is 28.6 Å². The molecular formula is C14H13FIN3O4. The summed E-state index contributed by atoms with van der Waals surface area (Å²) in [5.74, 6) is -2.07. The van der Waals surface area contributed by atoms with Crippen LogP contribution in [0.2, 0.25) is 0 Å². The maximum absolute atomic E-state index is 13.2. The monoisotopic (exact) mass is 433 g/mol. The lowest BCUT2D eigenvalue weighted by atomic mass is 9.99. The molecule has 0 bridgehead atoms. The fourth-order valence-electron chi connectivity index (χ4n) is 2.21. The number of carboxylic acids is 1. The Morgan fingerprint density at radius 3 is 2.83 bits per heavy atom. The van der Waals surface area contributed by atoms with E-state index in [-0.39, 0.29) is 35.8 Å². The Kier molecular flexibility index (Phi) is 5.35. The molecule has 2 unspecified atom stereocenters. The minimum absolute atomic E-state index is 0.0794. The van der Waals surface area contributed by atoms with Gasteiger partial charge in [0.2, 0.25) is 0 Å². The minimum Gasteiger partial charge on any atom is -0.481 e. The number of nitriles is 1. The zero-order chi connectivity index (χ0) is 17.1. The lowest BCUT2D eigenvalue weighted by Crippen LogP contribution is -2.56. The summed E-state index contributed by atoms with van der Waals surface area (Å²) >= 11 is 1.94. The molecule has 0 aliphatic carbocycles. The molecule has 1 fully saturated rings. The molecule has 23 heavy (non-hydrogen) atoms. The number of pyridine rings is 1. The molecule has 2 heterocycles. The van der Waals surface area contributed by atoms with E-state index in [1.807, 2.05) is 28.7 Å². The molecule has 7 nitrogen and oxygen atoms in total. The highest BCUT2D eigenvalue weighted by Gasteiger charge is 2.44. The molecule has 1 aliphatic rings. The molecule has 9 heteroatoms. The van der Waals surface area contributed by atoms with Gasteiger partial charge in [0.1, 0.15) is 24.5 Å². The van der Waals surface area contributed by atoms with Crippen molar-refractivity contribution < 1.29 is 23.8 Å². The molecule has 1 N–H and O–H groups in total. The molecule has 0 radical (unpaired) electrons. The second-order valence-electron chi connectivity index (χ2n) is 4.79. The van der Waals surface area contributed by atoms with Gasteiger partial charge in [-0.3, -0.25) is 4.79 Å². The summed E-state index contributed by atoms with van der Waals surface area (Å²) in [7, 11) is 0. The maximum atomic E-state index is 13.2. The Morgan fingerprint density at radius 1 is 1.65 bits per heavy atom. The highest BCUT2D eigenvalue weighted by molar-refractivity contribution is 14.1. The van der Waals surface area contributed by atoms with Crippen molar-refractivity contribution in [3.05, 3.63) is 22.9 Å². The molecule has 0 spiro atoms. The van der Waals surface area contributed by atoms with E-state index in [4.69, 9.17) is 9.84 Å². The SMILES string of the molecule is CCOC(=O)c1cc(C#N)c(N2CC(C(=O)O)C2I)nc1CF. The normalized spacial score (nSPS) is 19.7. The van der Waals surface area contributed by atoms with Crippen molar-refractivity contribution in [3.8, 4) is 6.07 Å². The number of aromatic nitrogens is 1. The Balaban J connectivity index is 2.41. The molecule has 1 aromatic heterocycles. The van der Waals surface area contributed by atoms with E-state index in [0.29, 0.717) is 0 Å². The second kappa shape index (κ2) is 7.08. The molecule has 0 aromatic carbocycles. The third-order valence-corrected chi connectivity index (χ3v) is 4.98. The first-order valence-electron chi connectivity index (χ1n) is 6.75. The van der Waals surface area contributed by atoms with Crippen LogP contribution in [-0.4, -0.2) is 39.2 Å². The average Bonchev–Trinajstić information content (AvgIpc) is 2.52. The van der Waals surface area contributed by atoms with Crippen LogP contribution < -0.4 is 4.90 Å². The predicted octanol–water partition coefficient (Wildman–Crippen LogP) is 1.88. The quantitative estimate of drug-likeness (QED) is 0.327. The summed E-state index contributed by atoms with van der Waals surface area (Å²) in [6, 6.07) is 3.16. The van der Waals surface area contributed by atoms with Crippen molar-refractivity contribution >= 4 is 40.3 Å². The number of halogens is 2. The molecule has 1 aliphatic heterocycles. The molecule has 1 saturated heterocycles. The second-order valence-corrected chi connectivity index (χ2v) is 6.07. The molecular weight excluding hydrogens is 420 g/mol. The van der Waals surface area contributed by atoms with Crippen molar-refractivity contribution in [2.75, 3.05) is 18.1 Å². The van der Waals surface area contributed by atoms with Crippen molar-refractivity contribution in [3.63, 3.8) is 0 Å². The molecule has 122 valence electrons. The fourth-order valence-corrected chi connectivity index (χ4v) is 3.23. The zero-order valence-electron chi connectivity index (χ0n) is 12.1. The minimum atomic E-state index is -0.991. The number of hydrogen-bond acceptors (Lipinski definition) is 6. The molecule has 0 amide bonds. The van der Waals surface area contributed by atoms with Crippen molar-refractivity contribution in [2.24, 2.45) is 5.92 Å². The molecule has 2 rings (SSSR count). The van der Waals surface area contributed by atoms with Crippen molar-refractivity contribution in [2.45, 2.75) is 17.6 Å². The topological polar surface area (TPSA) is 104 Å². The Morgan fingerprint density at radius 2 is 2.35 bits per heavy atom. The van der Waals surface area contributed by atoms with Crippen LogP contribution in [0, 0.1) is 17.2 Å². The summed E-state index contributed by atoms with van der Waals surface area (Å²) in [5.41, 5.74) is -0.134. The number of nitrogens with zero attached hydrogens (tertiary/aromatic N) is 3. The van der Waals surface area contributed by atoms with E-state index in [9.17, 15) is 19.2 Å². The van der Waals surface area contributed by atoms with Gasteiger partial charge in [-0.2, -0.15) is 5.26 Å². The molecule has 2 atom stereocenters. The number of aliphatic carboxylic acids is 1. The van der Waals surface area contributed by atoms with Crippen LogP contribution in [0.4, 0.5) is 10.2 Å². The van der Waals surface area contributed by atoms with Gasteiger partial charge in [-0.15, -0.1) is 0 Å². The van der Waals surface area contributed by atoms with E-state index in [0.717, 1.165) is 0 Å². The Bertz CT molecular complexity index is 691. The van der Waals surface area contributed by atoms with Gasteiger partial charge in [-0.1, -0.05) is 22.6 Å². The Labute approximate surface area is 145 Å². The van der Waals surface area contributed by atoms with Gasteiger partial charge in [0, 0.05) is 6.54 Å². The van der Waals surface area contributed by atoms with Gasteiger partial charge in [0.15, 0.2) is 0 Å². The summed E-state index contributed by atoms with van der Waals surface area (Å²) in [5, 5.41) is 18.3. The van der Waals surface area contributed by atoms with Crippen LogP contribution in [0.1, 0.15) is 28.5 Å². The van der Waals surface area contributed by atoms with Crippen molar-refractivity contribution in [1.29, 1.82) is 5.26 Å². The van der Waals surface area contributed by atoms with Gasteiger partial charge < -0.3 is 14.7 Å². The van der Waals surface area contributed by atoms with E-state index in [2.05, 4.69) is 4.98 Å². The van der Waals surface area contributed by atoms with Crippen LogP contribution in [0.3, 0.4) is 0 Å². The van der Waals surface area contributed by atoms with Gasteiger partial charge in [-0.25, -0.2) is 14.2 Å². The summed E-state index contributed by atoms with van der Waals surface area (Å²) in [4.78, 5) is 28.5. The zero-order valence-corrected chi connectivity index (χ0v) is 14.3. The Hall–Kier alpha value is -1.96. The maximum Gasteiger partial charge on any atom is 0.340 e. The van der Waals surface area contributed by atoms with Gasteiger partial charge in [0.05, 0.1) is 27.5 Å². The summed E-state index contributed by atoms with van der Waals surface area (Å²) in [6.45, 7) is 0.924.